The van der Waals surface area contributed by atoms with Crippen LogP contribution in [-0.4, -0.2) is 0 Å². The van der Waals surface area contributed by atoms with Crippen LogP contribution in [0.25, 0.3) is 54.9 Å². The molecule has 1 aliphatic carbocycles. The number of hydrogen-bond acceptors (Lipinski definition) is 0. The Labute approximate surface area is 206 Å². The summed E-state index contributed by atoms with van der Waals surface area (Å²) in [6.45, 7) is 4.77. The average Bonchev–Trinajstić information content (AvgIpc) is 3.15. The summed E-state index contributed by atoms with van der Waals surface area (Å²) in [5, 5.41) is 5.31. The smallest absolute Gasteiger partial charge is 0.0165 e. The highest BCUT2D eigenvalue weighted by Crippen LogP contribution is 2.52. The first-order valence-corrected chi connectivity index (χ1v) is 12.4. The second-order valence-electron chi connectivity index (χ2n) is 10.2. The predicted octanol–water partition coefficient (Wildman–Crippen LogP) is 9.63. The van der Waals surface area contributed by atoms with Crippen LogP contribution < -0.4 is 0 Å². The third-order valence-electron chi connectivity index (χ3n) is 7.84. The van der Waals surface area contributed by atoms with Gasteiger partial charge in [0.05, 0.1) is 0 Å². The van der Waals surface area contributed by atoms with E-state index in [1.54, 1.807) is 0 Å². The lowest BCUT2D eigenvalue weighted by molar-refractivity contribution is 0.666. The van der Waals surface area contributed by atoms with Crippen molar-refractivity contribution < 1.29 is 0 Å². The maximum atomic E-state index is 2.41. The van der Waals surface area contributed by atoms with E-state index in [1.165, 1.54) is 66.1 Å². The molecule has 0 amide bonds. The van der Waals surface area contributed by atoms with Crippen molar-refractivity contribution in [1.82, 2.24) is 0 Å². The van der Waals surface area contributed by atoms with Crippen LogP contribution in [0.5, 0.6) is 0 Å². The molecule has 0 heteroatoms. The van der Waals surface area contributed by atoms with Gasteiger partial charge >= 0.3 is 0 Å². The molecule has 0 aliphatic heterocycles. The van der Waals surface area contributed by atoms with Crippen molar-refractivity contribution in [1.29, 1.82) is 0 Å². The minimum absolute atomic E-state index is 0.0629. The zero-order valence-electron chi connectivity index (χ0n) is 20.0. The van der Waals surface area contributed by atoms with Crippen LogP contribution in [0.15, 0.2) is 121 Å². The highest BCUT2D eigenvalue weighted by atomic mass is 14.4. The zero-order chi connectivity index (χ0) is 23.6. The summed E-state index contributed by atoms with van der Waals surface area (Å²) in [6.07, 6.45) is 0. The molecule has 1 aliphatic rings. The monoisotopic (exact) mass is 446 g/mol. The van der Waals surface area contributed by atoms with E-state index >= 15 is 0 Å². The highest BCUT2D eigenvalue weighted by molar-refractivity contribution is 6.12. The lowest BCUT2D eigenvalue weighted by Crippen LogP contribution is -2.15. The lowest BCUT2D eigenvalue weighted by Gasteiger charge is -2.24. The Morgan fingerprint density at radius 3 is 1.71 bits per heavy atom. The largest absolute Gasteiger partial charge is 0.0622 e. The van der Waals surface area contributed by atoms with E-state index in [9.17, 15) is 0 Å². The zero-order valence-corrected chi connectivity index (χ0v) is 20.0. The summed E-state index contributed by atoms with van der Waals surface area (Å²) in [6, 6.07) is 44.5. The average molecular weight is 447 g/mol. The van der Waals surface area contributed by atoms with Crippen molar-refractivity contribution in [3.63, 3.8) is 0 Å². The lowest BCUT2D eigenvalue weighted by atomic mass is 9.79. The van der Waals surface area contributed by atoms with Crippen LogP contribution >= 0.6 is 0 Å². The van der Waals surface area contributed by atoms with Crippen molar-refractivity contribution in [3.8, 4) is 33.4 Å². The van der Waals surface area contributed by atoms with Gasteiger partial charge in [0.1, 0.15) is 0 Å². The quantitative estimate of drug-likeness (QED) is 0.232. The molecule has 166 valence electrons. The first-order chi connectivity index (χ1) is 17.1. The molecular formula is C35H26. The van der Waals surface area contributed by atoms with Gasteiger partial charge in [-0.25, -0.2) is 0 Å². The summed E-state index contributed by atoms with van der Waals surface area (Å²) in [7, 11) is 0. The molecule has 0 radical (unpaired) electrons. The molecule has 0 fully saturated rings. The van der Waals surface area contributed by atoms with Gasteiger partial charge in [-0.3, -0.25) is 0 Å². The number of hydrogen-bond donors (Lipinski definition) is 0. The molecule has 0 aromatic heterocycles. The molecule has 0 spiro atoms. The van der Waals surface area contributed by atoms with Crippen LogP contribution in [0, 0.1) is 0 Å². The normalized spacial score (nSPS) is 13.7. The van der Waals surface area contributed by atoms with Crippen LogP contribution in [0.4, 0.5) is 0 Å². The number of rotatable bonds is 2. The van der Waals surface area contributed by atoms with Crippen molar-refractivity contribution in [2.45, 2.75) is 19.3 Å². The first-order valence-electron chi connectivity index (χ1n) is 12.4. The first kappa shape index (κ1) is 20.2. The third kappa shape index (κ3) is 3.00. The number of fused-ring (bicyclic) bond motifs is 7. The summed E-state index contributed by atoms with van der Waals surface area (Å²) in [5.41, 5.74) is 10.6. The fourth-order valence-electron chi connectivity index (χ4n) is 6.10. The highest BCUT2D eigenvalue weighted by Gasteiger charge is 2.37. The van der Waals surface area contributed by atoms with E-state index in [4.69, 9.17) is 0 Å². The standard InChI is InChI=1S/C35H26/c1-35(2)33-22-26(24-11-7-4-8-12-24)14-17-30(33)32-20-19-29-28-16-13-25(23-9-5-3-6-10-23)21-27(28)15-18-31(29)34(32)35/h3-22H,1-2H3. The van der Waals surface area contributed by atoms with E-state index in [2.05, 4.69) is 135 Å². The van der Waals surface area contributed by atoms with Gasteiger partial charge in [0, 0.05) is 5.41 Å². The SMILES string of the molecule is CC1(C)c2cc(-c3ccccc3)ccc2-c2ccc3c(ccc4cc(-c5ccccc5)ccc43)c21. The molecule has 0 atom stereocenters. The molecule has 6 aromatic carbocycles. The van der Waals surface area contributed by atoms with Crippen molar-refractivity contribution in [2.75, 3.05) is 0 Å². The van der Waals surface area contributed by atoms with E-state index < -0.39 is 0 Å². The molecule has 0 bridgehead atoms. The van der Waals surface area contributed by atoms with E-state index in [0.29, 0.717) is 0 Å². The maximum absolute atomic E-state index is 2.41. The maximum Gasteiger partial charge on any atom is 0.0165 e. The molecule has 7 rings (SSSR count). The Morgan fingerprint density at radius 2 is 1.00 bits per heavy atom. The van der Waals surface area contributed by atoms with Crippen molar-refractivity contribution >= 4 is 21.5 Å². The third-order valence-corrected chi connectivity index (χ3v) is 7.84. The molecule has 0 unspecified atom stereocenters. The Hall–Kier alpha value is -4.16. The molecule has 0 heterocycles. The molecule has 0 N–H and O–H groups in total. The minimum Gasteiger partial charge on any atom is -0.0622 e. The van der Waals surface area contributed by atoms with Gasteiger partial charge in [0.2, 0.25) is 0 Å². The van der Waals surface area contributed by atoms with Crippen LogP contribution in [-0.2, 0) is 5.41 Å². The van der Waals surface area contributed by atoms with Crippen molar-refractivity contribution in [2.24, 2.45) is 0 Å². The van der Waals surface area contributed by atoms with E-state index in [-0.39, 0.29) is 5.41 Å². The van der Waals surface area contributed by atoms with Crippen molar-refractivity contribution in [3.05, 3.63) is 132 Å². The molecule has 35 heavy (non-hydrogen) atoms. The van der Waals surface area contributed by atoms with E-state index in [0.717, 1.165) is 0 Å². The summed E-state index contributed by atoms with van der Waals surface area (Å²) < 4.78 is 0. The van der Waals surface area contributed by atoms with Gasteiger partial charge in [-0.1, -0.05) is 123 Å². The van der Waals surface area contributed by atoms with Gasteiger partial charge in [0.15, 0.2) is 0 Å². The second-order valence-corrected chi connectivity index (χ2v) is 10.2. The van der Waals surface area contributed by atoms with Gasteiger partial charge in [0.25, 0.3) is 0 Å². The molecule has 0 nitrogen and oxygen atoms in total. The Balaban J connectivity index is 1.41. The van der Waals surface area contributed by atoms with Gasteiger partial charge < -0.3 is 0 Å². The van der Waals surface area contributed by atoms with Crippen LogP contribution in [0.2, 0.25) is 0 Å². The fraction of sp³-hybridized carbons (Fsp3) is 0.0857. The van der Waals surface area contributed by atoms with E-state index in [1.807, 2.05) is 0 Å². The van der Waals surface area contributed by atoms with Crippen LogP contribution in [0.3, 0.4) is 0 Å². The summed E-state index contributed by atoms with van der Waals surface area (Å²) in [5.74, 6) is 0. The topological polar surface area (TPSA) is 0 Å². The van der Waals surface area contributed by atoms with Gasteiger partial charge in [-0.05, 0) is 78.2 Å². The summed E-state index contributed by atoms with van der Waals surface area (Å²) in [4.78, 5) is 0. The minimum atomic E-state index is -0.0629. The molecule has 0 saturated heterocycles. The van der Waals surface area contributed by atoms with Gasteiger partial charge in [-0.2, -0.15) is 0 Å². The fourth-order valence-corrected chi connectivity index (χ4v) is 6.10. The Kier molecular flexibility index (Phi) is 4.29. The molecule has 6 aromatic rings. The number of benzene rings is 6. The van der Waals surface area contributed by atoms with Gasteiger partial charge in [-0.15, -0.1) is 0 Å². The molecular weight excluding hydrogens is 420 g/mol. The summed E-state index contributed by atoms with van der Waals surface area (Å²) >= 11 is 0. The Bertz CT molecular complexity index is 1740. The molecule has 0 saturated carbocycles. The predicted molar refractivity (Wildman–Crippen MR) is 150 cm³/mol. The second kappa shape index (κ2) is 7.42. The van der Waals surface area contributed by atoms with Crippen LogP contribution in [0.1, 0.15) is 25.0 Å². The Morgan fingerprint density at radius 1 is 0.429 bits per heavy atom.